The second kappa shape index (κ2) is 13.9. The topological polar surface area (TPSA) is 25.5 Å². The lowest BCUT2D eigenvalue weighted by atomic mass is 9.85. The van der Waals surface area contributed by atoms with Crippen molar-refractivity contribution < 1.29 is 4.42 Å². The van der Waals surface area contributed by atoms with E-state index in [1.165, 1.54) is 70.2 Å². The number of fused-ring (bicyclic) bond motifs is 10. The smallest absolute Gasteiger partial charge is 0.135 e. The summed E-state index contributed by atoms with van der Waals surface area (Å²) in [5, 5.41) is 6.19. The number of hydrogen-bond donors (Lipinski definition) is 0. The number of aryl methyl sites for hydroxylation is 2. The van der Waals surface area contributed by atoms with E-state index in [0.717, 1.165) is 70.2 Å². The summed E-state index contributed by atoms with van der Waals surface area (Å²) in [7, 11) is 0. The van der Waals surface area contributed by atoms with Crippen LogP contribution in [0.15, 0.2) is 191 Å². The number of hydrogen-bond acceptors (Lipinski definition) is 3. The SMILES string of the molecule is C1=C(c2ccc(C3CCc4cc5ccccc5cc4-c4ccccc43)cc2)\N=C(\c2ccc3oc4ccccc4c3c2)c2sc3ccc(-c4ccccc4)cc3c2CC/1. The highest BCUT2D eigenvalue weighted by Gasteiger charge is 2.25. The van der Waals surface area contributed by atoms with Gasteiger partial charge in [-0.15, -0.1) is 11.3 Å². The summed E-state index contributed by atoms with van der Waals surface area (Å²) in [6.07, 6.45) is 6.32. The van der Waals surface area contributed by atoms with Crippen molar-refractivity contribution in [1.29, 1.82) is 0 Å². The number of aliphatic imine (C=N–C) groups is 1. The van der Waals surface area contributed by atoms with Gasteiger partial charge in [0.25, 0.3) is 0 Å². The van der Waals surface area contributed by atoms with Gasteiger partial charge in [0, 0.05) is 27.0 Å². The van der Waals surface area contributed by atoms with Crippen LogP contribution < -0.4 is 0 Å². The van der Waals surface area contributed by atoms with Gasteiger partial charge >= 0.3 is 0 Å². The van der Waals surface area contributed by atoms with Crippen LogP contribution in [-0.2, 0) is 12.8 Å². The summed E-state index contributed by atoms with van der Waals surface area (Å²) in [6.45, 7) is 0. The lowest BCUT2D eigenvalue weighted by molar-refractivity contribution is 0.669. The maximum Gasteiger partial charge on any atom is 0.135 e. The Hall–Kier alpha value is -6.81. The molecule has 0 spiro atoms. The Balaban J connectivity index is 0.962. The van der Waals surface area contributed by atoms with Crippen LogP contribution in [0, 0.1) is 0 Å². The van der Waals surface area contributed by atoms with Crippen molar-refractivity contribution in [3.63, 3.8) is 0 Å². The summed E-state index contributed by atoms with van der Waals surface area (Å²) < 4.78 is 7.58. The van der Waals surface area contributed by atoms with Crippen LogP contribution in [0.2, 0.25) is 0 Å². The molecule has 1 aliphatic carbocycles. The van der Waals surface area contributed by atoms with Crippen molar-refractivity contribution in [1.82, 2.24) is 0 Å². The fourth-order valence-electron chi connectivity index (χ4n) is 9.70. The highest BCUT2D eigenvalue weighted by atomic mass is 32.1. The summed E-state index contributed by atoms with van der Waals surface area (Å²) in [4.78, 5) is 6.92. The van der Waals surface area contributed by atoms with Gasteiger partial charge in [0.2, 0.25) is 0 Å². The number of benzene rings is 8. The average molecular weight is 774 g/mol. The molecule has 1 unspecified atom stereocenters. The van der Waals surface area contributed by atoms with Crippen molar-refractivity contribution in [3.8, 4) is 22.3 Å². The number of allylic oxidation sites excluding steroid dienone is 1. The van der Waals surface area contributed by atoms with Crippen LogP contribution in [0.25, 0.3) is 70.7 Å². The largest absolute Gasteiger partial charge is 0.456 e. The lowest BCUT2D eigenvalue weighted by Gasteiger charge is -2.19. The van der Waals surface area contributed by atoms with Crippen molar-refractivity contribution in [2.24, 2.45) is 4.99 Å². The van der Waals surface area contributed by atoms with Gasteiger partial charge in [-0.2, -0.15) is 0 Å². The van der Waals surface area contributed by atoms with Gasteiger partial charge in [-0.05, 0) is 134 Å². The van der Waals surface area contributed by atoms with E-state index in [1.54, 1.807) is 0 Å². The Labute approximate surface area is 347 Å². The molecule has 0 saturated carbocycles. The van der Waals surface area contributed by atoms with Gasteiger partial charge in [-0.3, -0.25) is 0 Å². The molecule has 10 aromatic rings. The molecule has 2 nitrogen and oxygen atoms in total. The zero-order chi connectivity index (χ0) is 38.9. The molecular weight excluding hydrogens is 735 g/mol. The van der Waals surface area contributed by atoms with E-state index in [-0.39, 0.29) is 0 Å². The Bertz CT molecular complexity index is 3330. The van der Waals surface area contributed by atoms with Gasteiger partial charge in [0.05, 0.1) is 16.3 Å². The van der Waals surface area contributed by atoms with E-state index >= 15 is 0 Å². The maximum absolute atomic E-state index is 6.28. The second-order valence-electron chi connectivity index (χ2n) is 16.0. The first-order valence-corrected chi connectivity index (χ1v) is 21.6. The van der Waals surface area contributed by atoms with Crippen LogP contribution in [-0.4, -0.2) is 5.71 Å². The van der Waals surface area contributed by atoms with E-state index in [9.17, 15) is 0 Å². The van der Waals surface area contributed by atoms with Crippen LogP contribution in [0.1, 0.15) is 57.0 Å². The number of para-hydroxylation sites is 1. The zero-order valence-corrected chi connectivity index (χ0v) is 33.3. The Morgan fingerprint density at radius 3 is 2.15 bits per heavy atom. The van der Waals surface area contributed by atoms with Crippen molar-refractivity contribution in [2.75, 3.05) is 0 Å². The molecule has 2 aromatic heterocycles. The van der Waals surface area contributed by atoms with Crippen LogP contribution in [0.4, 0.5) is 0 Å². The molecule has 8 aromatic carbocycles. The second-order valence-corrected chi connectivity index (χ2v) is 17.1. The molecule has 3 heterocycles. The monoisotopic (exact) mass is 773 g/mol. The Morgan fingerprint density at radius 2 is 1.25 bits per heavy atom. The summed E-state index contributed by atoms with van der Waals surface area (Å²) in [5.74, 6) is 0.305. The lowest BCUT2D eigenvalue weighted by Crippen LogP contribution is -2.07. The molecule has 3 heteroatoms. The first-order valence-electron chi connectivity index (χ1n) is 20.7. The van der Waals surface area contributed by atoms with Crippen LogP contribution in [0.3, 0.4) is 0 Å². The molecule has 2 aliphatic rings. The maximum atomic E-state index is 6.28. The molecule has 0 N–H and O–H groups in total. The predicted molar refractivity (Wildman–Crippen MR) is 249 cm³/mol. The fraction of sp³-hybridized carbons (Fsp3) is 0.0893. The quantitative estimate of drug-likeness (QED) is 0.175. The minimum absolute atomic E-state index is 0.305. The van der Waals surface area contributed by atoms with Gasteiger partial charge in [-0.1, -0.05) is 140 Å². The Morgan fingerprint density at radius 1 is 0.525 bits per heavy atom. The minimum Gasteiger partial charge on any atom is -0.456 e. The highest BCUT2D eigenvalue weighted by Crippen LogP contribution is 2.44. The summed E-state index contributed by atoms with van der Waals surface area (Å²) in [5.41, 5.74) is 16.9. The molecule has 280 valence electrons. The van der Waals surface area contributed by atoms with Crippen molar-refractivity contribution >= 4 is 65.5 Å². The predicted octanol–water partition coefficient (Wildman–Crippen LogP) is 15.2. The standard InChI is InChI=1S/C56H39NOS/c1-2-11-35(12-3-1)40-27-30-54-50(33-40)47-18-10-19-51(57-55(56(47)59-54)42-26-29-53-49(34-42)46-17-8-9-20-52(46)58-53)37-23-21-36(22-24-37)43-28-25-41-31-38-13-4-5-14-39(38)32-48(41)45-16-7-6-15-44(43)45/h1-9,11-17,19-24,26-27,29-34,43H,10,18,25,28H2/b51-19-,57-55-. The third-order valence-corrected chi connectivity index (χ3v) is 13.9. The average Bonchev–Trinajstić information content (AvgIpc) is 3.79. The number of thiophene rings is 1. The molecule has 1 atom stereocenters. The molecular formula is C56H39NOS. The number of rotatable bonds is 4. The molecule has 0 radical (unpaired) electrons. The molecule has 0 amide bonds. The van der Waals surface area contributed by atoms with E-state index in [0.29, 0.717) is 5.92 Å². The summed E-state index contributed by atoms with van der Waals surface area (Å²) in [6, 6.07) is 64.6. The molecule has 59 heavy (non-hydrogen) atoms. The molecule has 1 aliphatic heterocycles. The van der Waals surface area contributed by atoms with Gasteiger partial charge < -0.3 is 4.42 Å². The fourth-order valence-corrected chi connectivity index (χ4v) is 10.9. The van der Waals surface area contributed by atoms with Crippen molar-refractivity contribution in [3.05, 3.63) is 220 Å². The molecule has 0 fully saturated rings. The van der Waals surface area contributed by atoms with E-state index in [1.807, 2.05) is 17.4 Å². The van der Waals surface area contributed by atoms with Gasteiger partial charge in [0.1, 0.15) is 11.2 Å². The first kappa shape index (κ1) is 34.3. The number of nitrogens with zero attached hydrogens (tertiary/aromatic N) is 1. The Kier molecular flexibility index (Phi) is 8.09. The molecule has 12 rings (SSSR count). The third kappa shape index (κ3) is 5.88. The number of furan rings is 1. The van der Waals surface area contributed by atoms with E-state index in [2.05, 4.69) is 176 Å². The third-order valence-electron chi connectivity index (χ3n) is 12.6. The highest BCUT2D eigenvalue weighted by molar-refractivity contribution is 7.21. The summed E-state index contributed by atoms with van der Waals surface area (Å²) >= 11 is 1.87. The molecule has 0 saturated heterocycles. The van der Waals surface area contributed by atoms with E-state index < -0.39 is 0 Å². The van der Waals surface area contributed by atoms with Gasteiger partial charge in [-0.25, -0.2) is 4.99 Å². The van der Waals surface area contributed by atoms with Crippen molar-refractivity contribution in [2.45, 2.75) is 31.6 Å². The first-order chi connectivity index (χ1) is 29.2. The van der Waals surface area contributed by atoms with E-state index in [4.69, 9.17) is 9.41 Å². The molecule has 0 bridgehead atoms. The van der Waals surface area contributed by atoms with Gasteiger partial charge in [0.15, 0.2) is 0 Å². The minimum atomic E-state index is 0.305. The van der Waals surface area contributed by atoms with Crippen LogP contribution >= 0.6 is 11.3 Å². The normalized spacial score (nSPS) is 17.0. The zero-order valence-electron chi connectivity index (χ0n) is 32.5. The van der Waals surface area contributed by atoms with Crippen LogP contribution in [0.5, 0.6) is 0 Å².